The van der Waals surface area contributed by atoms with Gasteiger partial charge in [-0.1, -0.05) is 47.6 Å². The van der Waals surface area contributed by atoms with Gasteiger partial charge in [0.1, 0.15) is 17.4 Å². The van der Waals surface area contributed by atoms with Crippen LogP contribution in [0.2, 0.25) is 5.02 Å². The van der Waals surface area contributed by atoms with Gasteiger partial charge < -0.3 is 5.32 Å². The minimum atomic E-state index is -0.427. The van der Waals surface area contributed by atoms with Gasteiger partial charge in [0, 0.05) is 10.6 Å². The van der Waals surface area contributed by atoms with E-state index in [1.807, 2.05) is 6.26 Å². The van der Waals surface area contributed by atoms with Crippen LogP contribution >= 0.6 is 23.4 Å². The summed E-state index contributed by atoms with van der Waals surface area (Å²) in [5.41, 5.74) is 1.68. The number of aromatic nitrogens is 2. The van der Waals surface area contributed by atoms with Gasteiger partial charge in [-0.05, 0) is 30.5 Å². The predicted molar refractivity (Wildman–Crippen MR) is 98.7 cm³/mol. The van der Waals surface area contributed by atoms with Crippen molar-refractivity contribution in [1.82, 2.24) is 9.97 Å². The van der Waals surface area contributed by atoms with Crippen LogP contribution in [0, 0.1) is 17.1 Å². The monoisotopic (exact) mass is 370 g/mol. The maximum atomic E-state index is 14.0. The Morgan fingerprint density at radius 1 is 1.12 bits per heavy atom. The standard InChI is InChI=1S/C18H12ClFN4S/c1-25-18-23-16(11-6-8-12(19)9-7-11)13(10-21)17(24-18)22-15-5-3-2-4-14(15)20/h2-9H,1H3,(H,22,23,24). The normalized spacial score (nSPS) is 10.3. The highest BCUT2D eigenvalue weighted by Gasteiger charge is 2.17. The zero-order valence-corrected chi connectivity index (χ0v) is 14.7. The summed E-state index contributed by atoms with van der Waals surface area (Å²) < 4.78 is 14.0. The van der Waals surface area contributed by atoms with Gasteiger partial charge >= 0.3 is 0 Å². The Labute approximate surface area is 153 Å². The van der Waals surface area contributed by atoms with Crippen molar-refractivity contribution in [2.24, 2.45) is 0 Å². The van der Waals surface area contributed by atoms with Gasteiger partial charge in [0.15, 0.2) is 11.0 Å². The van der Waals surface area contributed by atoms with E-state index in [9.17, 15) is 9.65 Å². The molecule has 0 aliphatic rings. The Morgan fingerprint density at radius 2 is 1.84 bits per heavy atom. The third-order valence-electron chi connectivity index (χ3n) is 3.43. The molecule has 0 spiro atoms. The van der Waals surface area contributed by atoms with E-state index in [4.69, 9.17) is 11.6 Å². The molecule has 124 valence electrons. The molecular weight excluding hydrogens is 359 g/mol. The summed E-state index contributed by atoms with van der Waals surface area (Å²) in [6.45, 7) is 0. The smallest absolute Gasteiger partial charge is 0.189 e. The van der Waals surface area contributed by atoms with Crippen molar-refractivity contribution in [3.63, 3.8) is 0 Å². The molecule has 0 radical (unpaired) electrons. The van der Waals surface area contributed by atoms with Crippen molar-refractivity contribution in [3.8, 4) is 17.3 Å². The first-order valence-electron chi connectivity index (χ1n) is 7.26. The molecule has 25 heavy (non-hydrogen) atoms. The maximum Gasteiger partial charge on any atom is 0.189 e. The molecule has 1 aromatic heterocycles. The Balaban J connectivity index is 2.15. The number of nitrogens with zero attached hydrogens (tertiary/aromatic N) is 3. The van der Waals surface area contributed by atoms with E-state index in [2.05, 4.69) is 21.4 Å². The molecule has 0 aliphatic heterocycles. The molecular formula is C18H12ClFN4S. The van der Waals surface area contributed by atoms with Crippen molar-refractivity contribution in [2.75, 3.05) is 11.6 Å². The Hall–Kier alpha value is -2.62. The number of halogens is 2. The zero-order chi connectivity index (χ0) is 17.8. The molecule has 0 unspecified atom stereocenters. The second-order valence-corrected chi connectivity index (χ2v) is 6.22. The molecule has 0 saturated carbocycles. The number of rotatable bonds is 4. The molecule has 0 amide bonds. The Bertz CT molecular complexity index is 954. The minimum absolute atomic E-state index is 0.239. The largest absolute Gasteiger partial charge is 0.337 e. The SMILES string of the molecule is CSc1nc(Nc2ccccc2F)c(C#N)c(-c2ccc(Cl)cc2)n1. The molecule has 0 fully saturated rings. The van der Waals surface area contributed by atoms with E-state index >= 15 is 0 Å². The van der Waals surface area contributed by atoms with Crippen molar-refractivity contribution in [1.29, 1.82) is 5.26 Å². The Kier molecular flexibility index (Phi) is 5.17. The van der Waals surface area contributed by atoms with Crippen molar-refractivity contribution < 1.29 is 4.39 Å². The van der Waals surface area contributed by atoms with Crippen molar-refractivity contribution >= 4 is 34.9 Å². The third kappa shape index (κ3) is 3.73. The van der Waals surface area contributed by atoms with Gasteiger partial charge in [0.2, 0.25) is 0 Å². The fourth-order valence-corrected chi connectivity index (χ4v) is 2.73. The average molecular weight is 371 g/mol. The summed E-state index contributed by atoms with van der Waals surface area (Å²) in [6, 6.07) is 15.3. The Morgan fingerprint density at radius 3 is 2.48 bits per heavy atom. The number of nitrogens with one attached hydrogen (secondary N) is 1. The quantitative estimate of drug-likeness (QED) is 0.500. The third-order valence-corrected chi connectivity index (χ3v) is 4.23. The second-order valence-electron chi connectivity index (χ2n) is 5.01. The van der Waals surface area contributed by atoms with Gasteiger partial charge in [-0.25, -0.2) is 14.4 Å². The molecule has 7 heteroatoms. The predicted octanol–water partition coefficient (Wildman–Crippen LogP) is 5.27. The maximum absolute atomic E-state index is 14.0. The van der Waals surface area contributed by atoms with Gasteiger partial charge in [-0.15, -0.1) is 0 Å². The minimum Gasteiger partial charge on any atom is -0.337 e. The van der Waals surface area contributed by atoms with Crippen molar-refractivity contribution in [2.45, 2.75) is 5.16 Å². The summed E-state index contributed by atoms with van der Waals surface area (Å²) in [6.07, 6.45) is 1.83. The summed E-state index contributed by atoms with van der Waals surface area (Å²) in [4.78, 5) is 8.77. The van der Waals surface area contributed by atoms with Crippen LogP contribution in [0.4, 0.5) is 15.9 Å². The van der Waals surface area contributed by atoms with Gasteiger partial charge in [-0.2, -0.15) is 5.26 Å². The van der Waals surface area contributed by atoms with Crippen LogP contribution < -0.4 is 5.32 Å². The highest BCUT2D eigenvalue weighted by molar-refractivity contribution is 7.98. The number of para-hydroxylation sites is 1. The number of benzene rings is 2. The molecule has 2 aromatic carbocycles. The molecule has 3 aromatic rings. The first-order chi connectivity index (χ1) is 12.1. The first kappa shape index (κ1) is 17.2. The van der Waals surface area contributed by atoms with Gasteiger partial charge in [-0.3, -0.25) is 0 Å². The summed E-state index contributed by atoms with van der Waals surface area (Å²) in [7, 11) is 0. The average Bonchev–Trinajstić information content (AvgIpc) is 2.63. The van der Waals surface area contributed by atoms with E-state index in [1.54, 1.807) is 42.5 Å². The lowest BCUT2D eigenvalue weighted by molar-refractivity contribution is 0.631. The van der Waals surface area contributed by atoms with Crippen LogP contribution in [-0.2, 0) is 0 Å². The molecule has 1 heterocycles. The van der Waals surface area contributed by atoms with Crippen LogP contribution in [0.15, 0.2) is 53.7 Å². The van der Waals surface area contributed by atoms with Crippen LogP contribution in [0.25, 0.3) is 11.3 Å². The van der Waals surface area contributed by atoms with Crippen LogP contribution in [0.5, 0.6) is 0 Å². The molecule has 0 atom stereocenters. The first-order valence-corrected chi connectivity index (χ1v) is 8.86. The topological polar surface area (TPSA) is 61.6 Å². The lowest BCUT2D eigenvalue weighted by Gasteiger charge is -2.12. The number of hydrogen-bond acceptors (Lipinski definition) is 5. The molecule has 0 aliphatic carbocycles. The van der Waals surface area contributed by atoms with Gasteiger partial charge in [0.05, 0.1) is 11.4 Å². The number of hydrogen-bond donors (Lipinski definition) is 1. The lowest BCUT2D eigenvalue weighted by atomic mass is 10.1. The van der Waals surface area contributed by atoms with E-state index in [-0.39, 0.29) is 17.1 Å². The number of nitriles is 1. The lowest BCUT2D eigenvalue weighted by Crippen LogP contribution is -2.04. The summed E-state index contributed by atoms with van der Waals surface area (Å²) in [5, 5.41) is 13.6. The van der Waals surface area contributed by atoms with E-state index in [0.717, 1.165) is 5.56 Å². The number of thioether (sulfide) groups is 1. The highest BCUT2D eigenvalue weighted by atomic mass is 35.5. The van der Waals surface area contributed by atoms with E-state index in [0.29, 0.717) is 15.9 Å². The highest BCUT2D eigenvalue weighted by Crippen LogP contribution is 2.31. The summed E-state index contributed by atoms with van der Waals surface area (Å²) >= 11 is 7.27. The van der Waals surface area contributed by atoms with E-state index < -0.39 is 5.82 Å². The van der Waals surface area contributed by atoms with Gasteiger partial charge in [0.25, 0.3) is 0 Å². The van der Waals surface area contributed by atoms with Crippen LogP contribution in [0.1, 0.15) is 5.56 Å². The summed E-state index contributed by atoms with van der Waals surface area (Å²) in [5.74, 6) is -0.166. The van der Waals surface area contributed by atoms with Crippen LogP contribution in [-0.4, -0.2) is 16.2 Å². The zero-order valence-electron chi connectivity index (χ0n) is 13.1. The van der Waals surface area contributed by atoms with E-state index in [1.165, 1.54) is 17.8 Å². The molecule has 0 saturated heterocycles. The molecule has 0 bridgehead atoms. The fraction of sp³-hybridized carbons (Fsp3) is 0.0556. The second kappa shape index (κ2) is 7.51. The van der Waals surface area contributed by atoms with Crippen molar-refractivity contribution in [3.05, 3.63) is 64.9 Å². The molecule has 3 rings (SSSR count). The fourth-order valence-electron chi connectivity index (χ4n) is 2.23. The number of anilines is 2. The molecule has 4 nitrogen and oxygen atoms in total. The van der Waals surface area contributed by atoms with Crippen LogP contribution in [0.3, 0.4) is 0 Å². The molecule has 1 N–H and O–H groups in total.